The van der Waals surface area contributed by atoms with Crippen molar-refractivity contribution in [3.05, 3.63) is 236 Å². The number of furan rings is 1. The molecule has 0 aliphatic heterocycles. The highest BCUT2D eigenvalue weighted by atomic mass is 16.3. The lowest BCUT2D eigenvalue weighted by Crippen LogP contribution is -2.11. The standard InChI is InChI=1S/C57H41NO/c1-40-53-19-9-11-22-56(53)59-57(40)50-18-12-17-49(39-50)47-29-27-44(28-30-47)46-33-37-52(38-34-46)58(55-21-10-8-20-54(55)48-15-6-3-7-16-48)51-35-31-45(32-36-51)43-25-23-42(24-26-43)41-13-4-2-5-14-41/h2-39H,1H3. The van der Waals surface area contributed by atoms with Crippen LogP contribution in [0, 0.1) is 6.92 Å². The topological polar surface area (TPSA) is 16.4 Å². The van der Waals surface area contributed by atoms with Gasteiger partial charge in [0, 0.05) is 33.5 Å². The Labute approximate surface area is 345 Å². The van der Waals surface area contributed by atoms with Crippen molar-refractivity contribution in [2.45, 2.75) is 6.92 Å². The van der Waals surface area contributed by atoms with Crippen molar-refractivity contribution in [2.75, 3.05) is 4.90 Å². The Kier molecular flexibility index (Phi) is 9.50. The summed E-state index contributed by atoms with van der Waals surface area (Å²) in [4.78, 5) is 2.37. The fraction of sp³-hybridized carbons (Fsp3) is 0.0175. The normalized spacial score (nSPS) is 11.1. The van der Waals surface area contributed by atoms with Crippen LogP contribution in [0.1, 0.15) is 5.56 Å². The van der Waals surface area contributed by atoms with Gasteiger partial charge in [-0.15, -0.1) is 0 Å². The number of rotatable bonds is 9. The van der Waals surface area contributed by atoms with Crippen molar-refractivity contribution in [3.63, 3.8) is 0 Å². The molecule has 0 N–H and O–H groups in total. The zero-order chi connectivity index (χ0) is 39.5. The van der Waals surface area contributed by atoms with E-state index in [0.29, 0.717) is 0 Å². The van der Waals surface area contributed by atoms with Gasteiger partial charge in [-0.05, 0) is 99.5 Å². The second-order valence-corrected chi connectivity index (χ2v) is 15.0. The quantitative estimate of drug-likeness (QED) is 0.146. The van der Waals surface area contributed by atoms with E-state index >= 15 is 0 Å². The third-order valence-corrected chi connectivity index (χ3v) is 11.3. The highest BCUT2D eigenvalue weighted by molar-refractivity contribution is 5.90. The molecule has 9 aromatic carbocycles. The molecule has 0 amide bonds. The lowest BCUT2D eigenvalue weighted by atomic mass is 9.97. The number of nitrogens with zero attached hydrogens (tertiary/aromatic N) is 1. The molecule has 0 aliphatic carbocycles. The maximum absolute atomic E-state index is 6.30. The summed E-state index contributed by atoms with van der Waals surface area (Å²) in [5, 5.41) is 1.16. The summed E-state index contributed by atoms with van der Waals surface area (Å²) in [6.45, 7) is 2.14. The van der Waals surface area contributed by atoms with E-state index in [-0.39, 0.29) is 0 Å². The van der Waals surface area contributed by atoms with Gasteiger partial charge in [-0.2, -0.15) is 0 Å². The number of hydrogen-bond acceptors (Lipinski definition) is 2. The molecular weight excluding hydrogens is 715 g/mol. The van der Waals surface area contributed by atoms with Crippen LogP contribution in [-0.2, 0) is 0 Å². The fourth-order valence-corrected chi connectivity index (χ4v) is 8.19. The average Bonchev–Trinajstić information content (AvgIpc) is 3.66. The number of anilines is 3. The SMILES string of the molecule is Cc1c(-c2cccc(-c3ccc(-c4ccc(N(c5ccc(-c6ccc(-c7ccccc7)cc6)cc5)c5ccccc5-c5ccccc5)cc4)cc3)c2)oc2ccccc12. The molecule has 0 bridgehead atoms. The van der Waals surface area contributed by atoms with Gasteiger partial charge < -0.3 is 9.32 Å². The van der Waals surface area contributed by atoms with E-state index in [1.54, 1.807) is 0 Å². The summed E-state index contributed by atoms with van der Waals surface area (Å²) in [5.41, 5.74) is 18.3. The third-order valence-electron chi connectivity index (χ3n) is 11.3. The molecule has 2 nitrogen and oxygen atoms in total. The Morgan fingerprint density at radius 3 is 1.29 bits per heavy atom. The molecule has 0 saturated carbocycles. The average molecular weight is 756 g/mol. The van der Waals surface area contributed by atoms with Gasteiger partial charge in [-0.1, -0.05) is 188 Å². The summed E-state index contributed by atoms with van der Waals surface area (Å²) in [6, 6.07) is 82.3. The summed E-state index contributed by atoms with van der Waals surface area (Å²) >= 11 is 0. The minimum Gasteiger partial charge on any atom is -0.456 e. The smallest absolute Gasteiger partial charge is 0.138 e. The van der Waals surface area contributed by atoms with Crippen LogP contribution in [-0.4, -0.2) is 0 Å². The van der Waals surface area contributed by atoms with Gasteiger partial charge in [-0.3, -0.25) is 0 Å². The van der Waals surface area contributed by atoms with Crippen molar-refractivity contribution in [1.29, 1.82) is 0 Å². The number of hydrogen-bond donors (Lipinski definition) is 0. The highest BCUT2D eigenvalue weighted by Gasteiger charge is 2.18. The lowest BCUT2D eigenvalue weighted by Gasteiger charge is -2.28. The van der Waals surface area contributed by atoms with Crippen molar-refractivity contribution in [1.82, 2.24) is 0 Å². The van der Waals surface area contributed by atoms with Crippen molar-refractivity contribution in [2.24, 2.45) is 0 Å². The number of fused-ring (bicyclic) bond motifs is 1. The Morgan fingerprint density at radius 1 is 0.322 bits per heavy atom. The zero-order valence-electron chi connectivity index (χ0n) is 32.8. The van der Waals surface area contributed by atoms with Crippen LogP contribution in [0.25, 0.3) is 77.9 Å². The number of aryl methyl sites for hydroxylation is 1. The second-order valence-electron chi connectivity index (χ2n) is 15.0. The lowest BCUT2D eigenvalue weighted by molar-refractivity contribution is 0.629. The van der Waals surface area contributed by atoms with E-state index in [9.17, 15) is 0 Å². The van der Waals surface area contributed by atoms with Crippen LogP contribution in [0.3, 0.4) is 0 Å². The predicted molar refractivity (Wildman–Crippen MR) is 248 cm³/mol. The van der Waals surface area contributed by atoms with E-state index in [1.165, 1.54) is 50.1 Å². The Balaban J connectivity index is 0.954. The Morgan fingerprint density at radius 2 is 0.729 bits per heavy atom. The monoisotopic (exact) mass is 755 g/mol. The molecule has 280 valence electrons. The summed E-state index contributed by atoms with van der Waals surface area (Å²) < 4.78 is 6.30. The summed E-state index contributed by atoms with van der Waals surface area (Å²) in [5.74, 6) is 0.926. The first-order valence-corrected chi connectivity index (χ1v) is 20.2. The second kappa shape index (κ2) is 15.7. The van der Waals surface area contributed by atoms with E-state index in [0.717, 1.165) is 50.5 Å². The first-order chi connectivity index (χ1) is 29.2. The highest BCUT2D eigenvalue weighted by Crippen LogP contribution is 2.42. The predicted octanol–water partition coefficient (Wildman–Crippen LogP) is 16.2. The molecule has 0 spiro atoms. The Bertz CT molecular complexity index is 3000. The maximum atomic E-state index is 6.30. The van der Waals surface area contributed by atoms with Crippen molar-refractivity contribution < 1.29 is 4.42 Å². The molecule has 0 aliphatic rings. The molecule has 0 radical (unpaired) electrons. The van der Waals surface area contributed by atoms with Crippen LogP contribution in [0.2, 0.25) is 0 Å². The Hall–Kier alpha value is -7.68. The molecular formula is C57H41NO. The number of benzene rings is 9. The fourth-order valence-electron chi connectivity index (χ4n) is 8.19. The van der Waals surface area contributed by atoms with Gasteiger partial charge in [0.15, 0.2) is 0 Å². The molecule has 0 saturated heterocycles. The minimum absolute atomic E-state index is 0.920. The largest absolute Gasteiger partial charge is 0.456 e. The van der Waals surface area contributed by atoms with Gasteiger partial charge in [-0.25, -0.2) is 0 Å². The van der Waals surface area contributed by atoms with Gasteiger partial charge in [0.05, 0.1) is 5.69 Å². The third kappa shape index (κ3) is 7.14. The van der Waals surface area contributed by atoms with Gasteiger partial charge >= 0.3 is 0 Å². The van der Waals surface area contributed by atoms with Crippen molar-refractivity contribution in [3.8, 4) is 67.0 Å². The van der Waals surface area contributed by atoms with E-state index in [1.807, 2.05) is 12.1 Å². The maximum Gasteiger partial charge on any atom is 0.138 e. The van der Waals surface area contributed by atoms with E-state index in [2.05, 4.69) is 230 Å². The molecule has 1 heterocycles. The molecule has 59 heavy (non-hydrogen) atoms. The molecule has 10 aromatic rings. The molecule has 2 heteroatoms. The number of para-hydroxylation sites is 2. The van der Waals surface area contributed by atoms with Gasteiger partial charge in [0.2, 0.25) is 0 Å². The van der Waals surface area contributed by atoms with Crippen molar-refractivity contribution >= 4 is 28.0 Å². The van der Waals surface area contributed by atoms with Gasteiger partial charge in [0.1, 0.15) is 11.3 Å². The molecule has 10 rings (SSSR count). The van der Waals surface area contributed by atoms with E-state index < -0.39 is 0 Å². The molecule has 0 fully saturated rings. The zero-order valence-corrected chi connectivity index (χ0v) is 32.8. The minimum atomic E-state index is 0.920. The first kappa shape index (κ1) is 35.7. The van der Waals surface area contributed by atoms with Crippen LogP contribution >= 0.6 is 0 Å². The molecule has 1 aromatic heterocycles. The summed E-state index contributed by atoms with van der Waals surface area (Å²) in [6.07, 6.45) is 0. The molecule has 0 atom stereocenters. The summed E-state index contributed by atoms with van der Waals surface area (Å²) in [7, 11) is 0. The van der Waals surface area contributed by atoms with Crippen LogP contribution < -0.4 is 4.90 Å². The van der Waals surface area contributed by atoms with Crippen LogP contribution in [0.5, 0.6) is 0 Å². The van der Waals surface area contributed by atoms with Crippen LogP contribution in [0.15, 0.2) is 235 Å². The molecule has 0 unspecified atom stereocenters. The van der Waals surface area contributed by atoms with Crippen LogP contribution in [0.4, 0.5) is 17.1 Å². The first-order valence-electron chi connectivity index (χ1n) is 20.2. The van der Waals surface area contributed by atoms with E-state index in [4.69, 9.17) is 4.42 Å². The van der Waals surface area contributed by atoms with Gasteiger partial charge in [0.25, 0.3) is 0 Å².